The number of hydrogen-bond acceptors (Lipinski definition) is 2. The van der Waals surface area contributed by atoms with Gasteiger partial charge in [0.2, 0.25) is 0 Å². The quantitative estimate of drug-likeness (QED) is 0.607. The molecule has 0 aromatic rings. The molecule has 0 aromatic carbocycles. The van der Waals surface area contributed by atoms with Crippen LogP contribution in [0.25, 0.3) is 0 Å². The molecule has 11 heavy (non-hydrogen) atoms. The van der Waals surface area contributed by atoms with Gasteiger partial charge in [-0.1, -0.05) is 6.42 Å². The monoisotopic (exact) mass is 155 g/mol. The molecule has 2 nitrogen and oxygen atoms in total. The zero-order chi connectivity index (χ0) is 8.01. The number of likely N-dealkylation sites (N-methyl/N-ethyl adjacent to an activating group) is 1. The van der Waals surface area contributed by atoms with Crippen molar-refractivity contribution in [2.24, 2.45) is 5.92 Å². The molecule has 1 aliphatic carbocycles. The lowest BCUT2D eigenvalue weighted by Crippen LogP contribution is -2.67. The van der Waals surface area contributed by atoms with Crippen LogP contribution in [0.15, 0.2) is 0 Å². The van der Waals surface area contributed by atoms with Crippen molar-refractivity contribution >= 4 is 0 Å². The molecule has 0 spiro atoms. The van der Waals surface area contributed by atoms with E-state index in [1.807, 2.05) is 0 Å². The van der Waals surface area contributed by atoms with Crippen molar-refractivity contribution in [3.05, 3.63) is 0 Å². The van der Waals surface area contributed by atoms with Gasteiger partial charge in [0.15, 0.2) is 0 Å². The largest absolute Gasteiger partial charge is 0.390 e. The Morgan fingerprint density at radius 3 is 2.36 bits per heavy atom. The van der Waals surface area contributed by atoms with Crippen LogP contribution in [0.4, 0.5) is 0 Å². The molecule has 1 saturated heterocycles. The maximum absolute atomic E-state index is 9.64. The zero-order valence-corrected chi connectivity index (χ0v) is 7.33. The molecule has 3 unspecified atom stereocenters. The fourth-order valence-electron chi connectivity index (χ4n) is 2.33. The van der Waals surface area contributed by atoms with E-state index in [9.17, 15) is 5.11 Å². The molecule has 2 aliphatic rings. The molecule has 1 saturated carbocycles. The average molecular weight is 155 g/mol. The molecule has 1 N–H and O–H groups in total. The van der Waals surface area contributed by atoms with E-state index in [0.29, 0.717) is 12.1 Å². The summed E-state index contributed by atoms with van der Waals surface area (Å²) >= 11 is 0. The first-order valence-corrected chi connectivity index (χ1v) is 4.62. The predicted octanol–water partition coefficient (Wildman–Crippen LogP) is 0.850. The summed E-state index contributed by atoms with van der Waals surface area (Å²) in [4.78, 5) is 2.31. The third kappa shape index (κ3) is 0.926. The van der Waals surface area contributed by atoms with Crippen LogP contribution in [0, 0.1) is 5.92 Å². The third-order valence-electron chi connectivity index (χ3n) is 3.59. The van der Waals surface area contributed by atoms with E-state index in [2.05, 4.69) is 18.9 Å². The van der Waals surface area contributed by atoms with Crippen LogP contribution >= 0.6 is 0 Å². The Hall–Kier alpha value is -0.0800. The maximum atomic E-state index is 9.64. The fourth-order valence-corrected chi connectivity index (χ4v) is 2.33. The topological polar surface area (TPSA) is 23.5 Å². The minimum absolute atomic E-state index is 0.0506. The molecule has 0 bridgehead atoms. The summed E-state index contributed by atoms with van der Waals surface area (Å²) in [7, 11) is 2.13. The average Bonchev–Trinajstić information content (AvgIpc) is 1.94. The smallest absolute Gasteiger partial charge is 0.0850 e. The van der Waals surface area contributed by atoms with Crippen LogP contribution in [0.2, 0.25) is 0 Å². The van der Waals surface area contributed by atoms with Crippen molar-refractivity contribution in [3.63, 3.8) is 0 Å². The zero-order valence-electron chi connectivity index (χ0n) is 7.33. The minimum Gasteiger partial charge on any atom is -0.390 e. The Labute approximate surface area is 68.2 Å². The summed E-state index contributed by atoms with van der Waals surface area (Å²) in [6.45, 7) is 2.10. The van der Waals surface area contributed by atoms with E-state index in [1.54, 1.807) is 0 Å². The Morgan fingerprint density at radius 1 is 1.36 bits per heavy atom. The lowest BCUT2D eigenvalue weighted by atomic mass is 9.71. The van der Waals surface area contributed by atoms with Crippen molar-refractivity contribution in [3.8, 4) is 0 Å². The molecular formula is C9H17NO. The maximum Gasteiger partial charge on any atom is 0.0850 e. The normalized spacial score (nSPS) is 46.6. The van der Waals surface area contributed by atoms with Crippen LogP contribution < -0.4 is 0 Å². The van der Waals surface area contributed by atoms with Crippen molar-refractivity contribution in [1.82, 2.24) is 4.90 Å². The van der Waals surface area contributed by atoms with Gasteiger partial charge in [0, 0.05) is 12.1 Å². The van der Waals surface area contributed by atoms with Crippen LogP contribution in [-0.4, -0.2) is 35.2 Å². The van der Waals surface area contributed by atoms with E-state index in [4.69, 9.17) is 0 Å². The van der Waals surface area contributed by atoms with Crippen molar-refractivity contribution in [2.45, 2.75) is 44.4 Å². The second-order valence-corrected chi connectivity index (χ2v) is 4.08. The molecule has 0 aromatic heterocycles. The highest BCUT2D eigenvalue weighted by molar-refractivity contribution is 5.02. The summed E-state index contributed by atoms with van der Waals surface area (Å²) in [5.41, 5.74) is 0. The first-order valence-electron chi connectivity index (χ1n) is 4.62. The van der Waals surface area contributed by atoms with Gasteiger partial charge in [-0.2, -0.15) is 0 Å². The molecule has 2 rings (SSSR count). The standard InChI is InChI=1S/C9H17NO/c1-6-9(11)8(10(6)2)7-4-3-5-7/h6-9,11H,3-5H2,1-2H3. The number of hydrogen-bond donors (Lipinski definition) is 1. The van der Waals surface area contributed by atoms with E-state index < -0.39 is 0 Å². The molecular weight excluding hydrogens is 138 g/mol. The van der Waals surface area contributed by atoms with Gasteiger partial charge in [0.1, 0.15) is 0 Å². The molecule has 2 heteroatoms. The summed E-state index contributed by atoms with van der Waals surface area (Å²) in [6.07, 6.45) is 3.98. The van der Waals surface area contributed by atoms with Crippen molar-refractivity contribution in [1.29, 1.82) is 0 Å². The van der Waals surface area contributed by atoms with Crippen LogP contribution in [0.1, 0.15) is 26.2 Å². The van der Waals surface area contributed by atoms with Gasteiger partial charge >= 0.3 is 0 Å². The molecule has 3 atom stereocenters. The van der Waals surface area contributed by atoms with Gasteiger partial charge in [0.05, 0.1) is 6.10 Å². The molecule has 64 valence electrons. The predicted molar refractivity (Wildman–Crippen MR) is 44.4 cm³/mol. The number of rotatable bonds is 1. The van der Waals surface area contributed by atoms with Crippen LogP contribution in [-0.2, 0) is 0 Å². The summed E-state index contributed by atoms with van der Waals surface area (Å²) in [5, 5.41) is 9.64. The number of nitrogens with zero attached hydrogens (tertiary/aromatic N) is 1. The third-order valence-corrected chi connectivity index (χ3v) is 3.59. The molecule has 1 heterocycles. The van der Waals surface area contributed by atoms with Crippen molar-refractivity contribution in [2.75, 3.05) is 7.05 Å². The Kier molecular flexibility index (Phi) is 1.69. The van der Waals surface area contributed by atoms with Gasteiger partial charge in [-0.3, -0.25) is 4.90 Å². The Morgan fingerprint density at radius 2 is 2.00 bits per heavy atom. The fraction of sp³-hybridized carbons (Fsp3) is 1.00. The number of likely N-dealkylation sites (tertiary alicyclic amines) is 1. The minimum atomic E-state index is -0.0506. The lowest BCUT2D eigenvalue weighted by Gasteiger charge is -2.55. The van der Waals surface area contributed by atoms with E-state index in [-0.39, 0.29) is 6.10 Å². The van der Waals surface area contributed by atoms with E-state index in [1.165, 1.54) is 19.3 Å². The molecule has 0 amide bonds. The van der Waals surface area contributed by atoms with E-state index >= 15 is 0 Å². The second-order valence-electron chi connectivity index (χ2n) is 4.08. The number of aliphatic hydroxyl groups is 1. The van der Waals surface area contributed by atoms with Crippen LogP contribution in [0.3, 0.4) is 0 Å². The highest BCUT2D eigenvalue weighted by Crippen LogP contribution is 2.39. The van der Waals surface area contributed by atoms with Gasteiger partial charge in [-0.05, 0) is 32.7 Å². The van der Waals surface area contributed by atoms with Gasteiger partial charge in [-0.25, -0.2) is 0 Å². The summed E-state index contributed by atoms with van der Waals surface area (Å²) in [5.74, 6) is 0.797. The Bertz CT molecular complexity index is 143. The molecule has 2 fully saturated rings. The Balaban J connectivity index is 1.94. The first kappa shape index (κ1) is 7.56. The van der Waals surface area contributed by atoms with E-state index in [0.717, 1.165) is 5.92 Å². The van der Waals surface area contributed by atoms with Crippen molar-refractivity contribution < 1.29 is 5.11 Å². The number of aliphatic hydroxyl groups excluding tert-OH is 1. The second kappa shape index (κ2) is 2.46. The molecule has 0 radical (unpaired) electrons. The summed E-state index contributed by atoms with van der Waals surface area (Å²) < 4.78 is 0. The first-order chi connectivity index (χ1) is 5.22. The highest BCUT2D eigenvalue weighted by Gasteiger charge is 2.47. The highest BCUT2D eigenvalue weighted by atomic mass is 16.3. The molecule has 1 aliphatic heterocycles. The lowest BCUT2D eigenvalue weighted by molar-refractivity contribution is -0.131. The van der Waals surface area contributed by atoms with Gasteiger partial charge in [-0.15, -0.1) is 0 Å². The van der Waals surface area contributed by atoms with Gasteiger partial charge < -0.3 is 5.11 Å². The SMILES string of the molecule is CC1C(O)C(C2CCC2)N1C. The van der Waals surface area contributed by atoms with Gasteiger partial charge in [0.25, 0.3) is 0 Å². The summed E-state index contributed by atoms with van der Waals surface area (Å²) in [6, 6.07) is 0.874. The van der Waals surface area contributed by atoms with Crippen LogP contribution in [0.5, 0.6) is 0 Å².